The standard InChI is InChI=1S/C30H24N2O2S/c1-2-18-34-23-15-12-20(13-16-23)19-26-29(33)32-28(22-9-4-3-5-10-22)25-17-14-21-8-6-7-11-24(21)27(25)31-30(32)35-26/h2-13,15-16,19,28H,1,14,17-18H2. The van der Waals surface area contributed by atoms with Gasteiger partial charge in [0.1, 0.15) is 12.4 Å². The van der Waals surface area contributed by atoms with Crippen LogP contribution in [0.3, 0.4) is 0 Å². The molecule has 0 spiro atoms. The minimum absolute atomic E-state index is 0.00000410. The van der Waals surface area contributed by atoms with Crippen LogP contribution in [0, 0.1) is 0 Å². The highest BCUT2D eigenvalue weighted by Gasteiger charge is 2.32. The third-order valence-electron chi connectivity index (χ3n) is 6.53. The van der Waals surface area contributed by atoms with E-state index in [1.165, 1.54) is 28.0 Å². The van der Waals surface area contributed by atoms with Gasteiger partial charge in [0.25, 0.3) is 5.56 Å². The zero-order valence-corrected chi connectivity index (χ0v) is 20.0. The Balaban J connectivity index is 1.52. The van der Waals surface area contributed by atoms with Gasteiger partial charge >= 0.3 is 0 Å². The molecule has 0 fully saturated rings. The largest absolute Gasteiger partial charge is 0.490 e. The molecule has 0 saturated heterocycles. The molecule has 1 aliphatic carbocycles. The van der Waals surface area contributed by atoms with Gasteiger partial charge in [-0.3, -0.25) is 9.36 Å². The second kappa shape index (κ2) is 9.01. The SMILES string of the molecule is C=CCOc1ccc(C=c2sc3n(c2=O)C(c2ccccc2)C2=C(N=3)c3ccccc3CC2)cc1. The number of allylic oxidation sites excluding steroid dienone is 1. The highest BCUT2D eigenvalue weighted by Crippen LogP contribution is 2.41. The summed E-state index contributed by atoms with van der Waals surface area (Å²) in [6, 6.07) is 26.4. The number of nitrogens with zero attached hydrogens (tertiary/aromatic N) is 2. The van der Waals surface area contributed by atoms with E-state index in [1.54, 1.807) is 6.08 Å². The zero-order valence-electron chi connectivity index (χ0n) is 19.2. The normalized spacial score (nSPS) is 16.7. The number of ether oxygens (including phenoxy) is 1. The van der Waals surface area contributed by atoms with Crippen molar-refractivity contribution in [3.05, 3.63) is 139 Å². The number of aryl methyl sites for hydroxylation is 1. The van der Waals surface area contributed by atoms with Crippen molar-refractivity contribution in [3.8, 4) is 5.75 Å². The fourth-order valence-corrected chi connectivity index (χ4v) is 5.93. The molecule has 0 amide bonds. The molecule has 0 saturated carbocycles. The minimum atomic E-state index is -0.146. The van der Waals surface area contributed by atoms with Crippen molar-refractivity contribution < 1.29 is 4.74 Å². The Kier molecular flexibility index (Phi) is 5.55. The van der Waals surface area contributed by atoms with Crippen molar-refractivity contribution in [1.82, 2.24) is 4.57 Å². The third-order valence-corrected chi connectivity index (χ3v) is 7.52. The summed E-state index contributed by atoms with van der Waals surface area (Å²) in [5, 5.41) is 0. The van der Waals surface area contributed by atoms with Gasteiger partial charge in [-0.1, -0.05) is 90.7 Å². The van der Waals surface area contributed by atoms with Crippen LogP contribution in [0.5, 0.6) is 5.75 Å². The average molecular weight is 477 g/mol. The monoisotopic (exact) mass is 476 g/mol. The number of aromatic nitrogens is 1. The molecule has 1 unspecified atom stereocenters. The van der Waals surface area contributed by atoms with Gasteiger partial charge in [-0.25, -0.2) is 4.99 Å². The van der Waals surface area contributed by atoms with Gasteiger partial charge in [0.2, 0.25) is 0 Å². The predicted octanol–water partition coefficient (Wildman–Crippen LogP) is 4.88. The molecule has 6 rings (SSSR count). The van der Waals surface area contributed by atoms with Crippen molar-refractivity contribution in [3.63, 3.8) is 0 Å². The summed E-state index contributed by atoms with van der Waals surface area (Å²) in [6.45, 7) is 4.14. The van der Waals surface area contributed by atoms with Crippen LogP contribution in [0.1, 0.15) is 34.7 Å². The van der Waals surface area contributed by atoms with Crippen molar-refractivity contribution >= 4 is 23.1 Å². The molecule has 0 bridgehead atoms. The maximum absolute atomic E-state index is 13.8. The number of benzene rings is 3. The van der Waals surface area contributed by atoms with Gasteiger partial charge in [-0.05, 0) is 53.3 Å². The van der Waals surface area contributed by atoms with E-state index in [1.807, 2.05) is 53.1 Å². The highest BCUT2D eigenvalue weighted by molar-refractivity contribution is 7.07. The lowest BCUT2D eigenvalue weighted by Gasteiger charge is -2.30. The molecule has 0 N–H and O–H groups in total. The molecule has 35 heavy (non-hydrogen) atoms. The smallest absolute Gasteiger partial charge is 0.271 e. The van der Waals surface area contributed by atoms with Crippen LogP contribution in [0.15, 0.2) is 107 Å². The fraction of sp³-hybridized carbons (Fsp3) is 0.133. The summed E-state index contributed by atoms with van der Waals surface area (Å²) in [6.07, 6.45) is 5.51. The van der Waals surface area contributed by atoms with Crippen LogP contribution in [0.25, 0.3) is 11.8 Å². The number of hydrogen-bond acceptors (Lipinski definition) is 4. The predicted molar refractivity (Wildman–Crippen MR) is 141 cm³/mol. The van der Waals surface area contributed by atoms with Gasteiger partial charge in [-0.2, -0.15) is 0 Å². The van der Waals surface area contributed by atoms with Crippen LogP contribution in [0.4, 0.5) is 0 Å². The summed E-state index contributed by atoms with van der Waals surface area (Å²) >= 11 is 1.45. The molecular formula is C30H24N2O2S. The van der Waals surface area contributed by atoms with E-state index in [2.05, 4.69) is 43.0 Å². The molecule has 3 aromatic carbocycles. The van der Waals surface area contributed by atoms with Gasteiger partial charge in [0.05, 0.1) is 16.3 Å². The molecule has 4 nitrogen and oxygen atoms in total. The molecule has 1 aliphatic heterocycles. The van der Waals surface area contributed by atoms with E-state index in [0.29, 0.717) is 11.1 Å². The van der Waals surface area contributed by atoms with Gasteiger partial charge < -0.3 is 4.74 Å². The lowest BCUT2D eigenvalue weighted by atomic mass is 9.83. The molecule has 5 heteroatoms. The van der Waals surface area contributed by atoms with Crippen molar-refractivity contribution in [2.45, 2.75) is 18.9 Å². The van der Waals surface area contributed by atoms with Gasteiger partial charge in [0, 0.05) is 5.56 Å². The van der Waals surface area contributed by atoms with Crippen molar-refractivity contribution in [2.24, 2.45) is 4.99 Å². The molecular weight excluding hydrogens is 452 g/mol. The van der Waals surface area contributed by atoms with Crippen molar-refractivity contribution in [1.29, 1.82) is 0 Å². The van der Waals surface area contributed by atoms with Gasteiger partial charge in [0.15, 0.2) is 4.80 Å². The maximum atomic E-state index is 13.8. The van der Waals surface area contributed by atoms with Crippen LogP contribution in [0.2, 0.25) is 0 Å². The molecule has 4 aromatic rings. The van der Waals surface area contributed by atoms with E-state index < -0.39 is 0 Å². The summed E-state index contributed by atoms with van der Waals surface area (Å²) in [5.41, 5.74) is 6.81. The second-order valence-electron chi connectivity index (χ2n) is 8.69. The van der Waals surface area contributed by atoms with E-state index in [9.17, 15) is 4.79 Å². The number of fused-ring (bicyclic) bond motifs is 3. The minimum Gasteiger partial charge on any atom is -0.490 e. The van der Waals surface area contributed by atoms with E-state index >= 15 is 0 Å². The first-order valence-corrected chi connectivity index (χ1v) is 12.6. The number of hydrogen-bond donors (Lipinski definition) is 0. The third kappa shape index (κ3) is 3.88. The fourth-order valence-electron chi connectivity index (χ4n) is 4.92. The molecule has 1 aromatic heterocycles. The van der Waals surface area contributed by atoms with E-state index in [-0.39, 0.29) is 11.6 Å². The Labute approximate surface area is 207 Å². The Hall–Kier alpha value is -3.96. The van der Waals surface area contributed by atoms with Crippen LogP contribution in [-0.2, 0) is 6.42 Å². The lowest BCUT2D eigenvalue weighted by molar-refractivity contribution is 0.363. The molecule has 0 radical (unpaired) electrons. The molecule has 2 heterocycles. The highest BCUT2D eigenvalue weighted by atomic mass is 32.1. The quantitative estimate of drug-likeness (QED) is 0.385. The average Bonchev–Trinajstić information content (AvgIpc) is 3.21. The first kappa shape index (κ1) is 21.6. The lowest BCUT2D eigenvalue weighted by Crippen LogP contribution is -2.38. The van der Waals surface area contributed by atoms with Crippen LogP contribution in [-0.4, -0.2) is 11.2 Å². The summed E-state index contributed by atoms with van der Waals surface area (Å²) in [7, 11) is 0. The van der Waals surface area contributed by atoms with E-state index in [4.69, 9.17) is 9.73 Å². The number of rotatable bonds is 5. The summed E-state index contributed by atoms with van der Waals surface area (Å²) < 4.78 is 8.15. The van der Waals surface area contributed by atoms with Crippen LogP contribution < -0.4 is 19.6 Å². The first-order valence-electron chi connectivity index (χ1n) is 11.7. The van der Waals surface area contributed by atoms with Gasteiger partial charge in [-0.15, -0.1) is 0 Å². The first-order chi connectivity index (χ1) is 17.2. The Morgan fingerprint density at radius 3 is 2.57 bits per heavy atom. The molecule has 172 valence electrons. The Morgan fingerprint density at radius 1 is 1.00 bits per heavy atom. The Bertz CT molecular complexity index is 1630. The molecule has 1 atom stereocenters. The summed E-state index contributed by atoms with van der Waals surface area (Å²) in [4.78, 5) is 19.6. The zero-order chi connectivity index (χ0) is 23.8. The second-order valence-corrected chi connectivity index (χ2v) is 9.70. The topological polar surface area (TPSA) is 43.6 Å². The number of thiazole rings is 1. The Morgan fingerprint density at radius 2 is 1.77 bits per heavy atom. The van der Waals surface area contributed by atoms with Crippen LogP contribution >= 0.6 is 11.3 Å². The maximum Gasteiger partial charge on any atom is 0.271 e. The van der Waals surface area contributed by atoms with Crippen molar-refractivity contribution in [2.75, 3.05) is 6.61 Å². The molecule has 2 aliphatic rings. The summed E-state index contributed by atoms with van der Waals surface area (Å²) in [5.74, 6) is 0.777. The van der Waals surface area contributed by atoms with E-state index in [0.717, 1.165) is 40.2 Å².